The number of hydrogen-bond acceptors (Lipinski definition) is 3. The fourth-order valence-corrected chi connectivity index (χ4v) is 5.31. The number of aliphatic hydroxyl groups is 1. The maximum Gasteiger partial charge on any atom is 0.227 e. The van der Waals surface area contributed by atoms with E-state index in [1.807, 2.05) is 73.3 Å². The van der Waals surface area contributed by atoms with Gasteiger partial charge in [-0.25, -0.2) is 0 Å². The van der Waals surface area contributed by atoms with Gasteiger partial charge in [0.1, 0.15) is 0 Å². The van der Waals surface area contributed by atoms with Crippen LogP contribution in [0.2, 0.25) is 5.02 Å². The van der Waals surface area contributed by atoms with Gasteiger partial charge in [-0.1, -0.05) is 67.9 Å². The number of benzene rings is 2. The first-order valence-corrected chi connectivity index (χ1v) is 10.8. The highest BCUT2D eigenvalue weighted by Gasteiger charge is 2.48. The Bertz CT molecular complexity index is 847. The summed E-state index contributed by atoms with van der Waals surface area (Å²) in [6.07, 6.45) is 0. The van der Waals surface area contributed by atoms with Crippen LogP contribution in [0.5, 0.6) is 0 Å². The molecule has 0 unspecified atom stereocenters. The van der Waals surface area contributed by atoms with E-state index >= 15 is 0 Å². The van der Waals surface area contributed by atoms with Gasteiger partial charge in [-0.3, -0.25) is 4.79 Å². The Morgan fingerprint density at radius 1 is 1.03 bits per heavy atom. The molecule has 0 radical (unpaired) electrons. The Balaban J connectivity index is 0.00000256. The highest BCUT2D eigenvalue weighted by molar-refractivity contribution is 6.30. The molecule has 30 heavy (non-hydrogen) atoms. The average Bonchev–Trinajstić information content (AvgIpc) is 3.22. The van der Waals surface area contributed by atoms with E-state index in [-0.39, 0.29) is 42.0 Å². The van der Waals surface area contributed by atoms with Crippen LogP contribution in [-0.4, -0.2) is 42.1 Å². The van der Waals surface area contributed by atoms with Crippen molar-refractivity contribution in [1.29, 1.82) is 0 Å². The zero-order valence-electron chi connectivity index (χ0n) is 17.4. The van der Waals surface area contributed by atoms with E-state index in [0.717, 1.165) is 17.7 Å². The lowest BCUT2D eigenvalue weighted by Gasteiger charge is -2.48. The van der Waals surface area contributed by atoms with E-state index in [4.69, 9.17) is 11.6 Å². The lowest BCUT2D eigenvalue weighted by molar-refractivity contribution is -0.152. The molecule has 2 aromatic carbocycles. The third-order valence-electron chi connectivity index (χ3n) is 6.87. The van der Waals surface area contributed by atoms with E-state index in [1.165, 1.54) is 0 Å². The van der Waals surface area contributed by atoms with Crippen molar-refractivity contribution in [1.82, 2.24) is 10.2 Å². The summed E-state index contributed by atoms with van der Waals surface area (Å²) >= 11 is 6.03. The van der Waals surface area contributed by atoms with Gasteiger partial charge in [-0.05, 0) is 23.3 Å². The zero-order valence-corrected chi connectivity index (χ0v) is 19.0. The Labute approximate surface area is 190 Å². The van der Waals surface area contributed by atoms with Crippen molar-refractivity contribution in [2.24, 2.45) is 17.8 Å². The topological polar surface area (TPSA) is 52.6 Å². The summed E-state index contributed by atoms with van der Waals surface area (Å²) in [7, 11) is 0. The normalized spacial score (nSPS) is 31.3. The molecular weight excluding hydrogens is 419 g/mol. The van der Waals surface area contributed by atoms with E-state index < -0.39 is 5.60 Å². The number of nitrogens with zero attached hydrogens (tertiary/aromatic N) is 1. The molecule has 162 valence electrons. The molecule has 0 aliphatic carbocycles. The predicted octanol–water partition coefficient (Wildman–Crippen LogP) is 4.07. The van der Waals surface area contributed by atoms with Gasteiger partial charge >= 0.3 is 0 Å². The fourth-order valence-electron chi connectivity index (χ4n) is 5.19. The monoisotopic (exact) mass is 448 g/mol. The Hall–Kier alpha value is -1.59. The molecular formula is C24H30Cl2N2O2. The van der Waals surface area contributed by atoms with Gasteiger partial charge in [0.05, 0.1) is 11.5 Å². The molecule has 2 saturated heterocycles. The van der Waals surface area contributed by atoms with Gasteiger partial charge in [-0.15, -0.1) is 12.4 Å². The van der Waals surface area contributed by atoms with Gasteiger partial charge in [0, 0.05) is 49.0 Å². The standard InChI is InChI=1S/C24H29ClN2O2.ClH/c1-16-14-27(15-17(2)24(16,29)19-6-4-3-5-7-19)23(28)22-13-26-12-21(22)18-8-10-20(25)11-9-18;/h3-11,16-17,21-22,26,29H,12-15H2,1-2H3;1H/t16-,17+,21-,22+,24+;/m0./s1. The Morgan fingerprint density at radius 3 is 2.23 bits per heavy atom. The molecule has 0 aromatic heterocycles. The smallest absolute Gasteiger partial charge is 0.227 e. The van der Waals surface area contributed by atoms with E-state index in [0.29, 0.717) is 24.7 Å². The molecule has 0 saturated carbocycles. The van der Waals surface area contributed by atoms with Crippen LogP contribution in [0.1, 0.15) is 30.9 Å². The maximum atomic E-state index is 13.5. The van der Waals surface area contributed by atoms with Crippen LogP contribution in [0.15, 0.2) is 54.6 Å². The molecule has 1 amide bonds. The first-order chi connectivity index (χ1) is 13.9. The van der Waals surface area contributed by atoms with Crippen molar-refractivity contribution in [2.75, 3.05) is 26.2 Å². The number of likely N-dealkylation sites (tertiary alicyclic amines) is 1. The summed E-state index contributed by atoms with van der Waals surface area (Å²) in [6, 6.07) is 17.7. The minimum Gasteiger partial charge on any atom is -0.384 e. The van der Waals surface area contributed by atoms with Crippen molar-refractivity contribution in [3.05, 3.63) is 70.7 Å². The number of hydrogen-bond donors (Lipinski definition) is 2. The molecule has 2 heterocycles. The molecule has 2 aliphatic rings. The molecule has 0 bridgehead atoms. The van der Waals surface area contributed by atoms with Crippen LogP contribution in [0.3, 0.4) is 0 Å². The third-order valence-corrected chi connectivity index (χ3v) is 7.12. The van der Waals surface area contributed by atoms with Crippen LogP contribution in [0.4, 0.5) is 0 Å². The second-order valence-corrected chi connectivity index (χ2v) is 9.10. The highest BCUT2D eigenvalue weighted by Crippen LogP contribution is 2.42. The number of piperidine rings is 1. The number of rotatable bonds is 3. The van der Waals surface area contributed by atoms with Crippen LogP contribution < -0.4 is 5.32 Å². The number of halogens is 2. The number of carbonyl (C=O) groups excluding carboxylic acids is 1. The first-order valence-electron chi connectivity index (χ1n) is 10.4. The molecule has 6 heteroatoms. The SMILES string of the molecule is C[C@@H]1CN(C(=O)[C@@H]2CNC[C@H]2c2ccc(Cl)cc2)C[C@H](C)[C@]1(O)c1ccccc1.Cl. The third kappa shape index (κ3) is 4.11. The minimum atomic E-state index is -0.915. The molecule has 2 N–H and O–H groups in total. The van der Waals surface area contributed by atoms with Crippen molar-refractivity contribution in [3.63, 3.8) is 0 Å². The van der Waals surface area contributed by atoms with Gasteiger partial charge < -0.3 is 15.3 Å². The van der Waals surface area contributed by atoms with Crippen molar-refractivity contribution >= 4 is 29.9 Å². The quantitative estimate of drug-likeness (QED) is 0.743. The van der Waals surface area contributed by atoms with Gasteiger partial charge in [0.25, 0.3) is 0 Å². The summed E-state index contributed by atoms with van der Waals surface area (Å²) in [4.78, 5) is 15.4. The lowest BCUT2D eigenvalue weighted by atomic mass is 9.70. The Kier molecular flexibility index (Phi) is 7.13. The van der Waals surface area contributed by atoms with E-state index in [9.17, 15) is 9.90 Å². The molecule has 5 atom stereocenters. The van der Waals surface area contributed by atoms with Gasteiger partial charge in [0.2, 0.25) is 5.91 Å². The molecule has 0 spiro atoms. The number of amides is 1. The highest BCUT2D eigenvalue weighted by atomic mass is 35.5. The average molecular weight is 449 g/mol. The van der Waals surface area contributed by atoms with Gasteiger partial charge in [0.15, 0.2) is 0 Å². The largest absolute Gasteiger partial charge is 0.384 e. The summed E-state index contributed by atoms with van der Waals surface area (Å²) < 4.78 is 0. The second kappa shape index (κ2) is 9.27. The first kappa shape index (κ1) is 23.1. The fraction of sp³-hybridized carbons (Fsp3) is 0.458. The zero-order chi connectivity index (χ0) is 20.6. The van der Waals surface area contributed by atoms with Crippen LogP contribution in [-0.2, 0) is 10.4 Å². The van der Waals surface area contributed by atoms with Crippen LogP contribution in [0, 0.1) is 17.8 Å². The van der Waals surface area contributed by atoms with E-state index in [2.05, 4.69) is 5.32 Å². The summed E-state index contributed by atoms with van der Waals surface area (Å²) in [5.74, 6) is 0.171. The summed E-state index contributed by atoms with van der Waals surface area (Å²) in [6.45, 7) is 6.72. The molecule has 2 fully saturated rings. The summed E-state index contributed by atoms with van der Waals surface area (Å²) in [5, 5.41) is 15.6. The maximum absolute atomic E-state index is 13.5. The molecule has 2 aliphatic heterocycles. The second-order valence-electron chi connectivity index (χ2n) is 8.66. The van der Waals surface area contributed by atoms with Crippen LogP contribution in [0.25, 0.3) is 0 Å². The summed E-state index contributed by atoms with van der Waals surface area (Å²) in [5.41, 5.74) is 1.17. The predicted molar refractivity (Wildman–Crippen MR) is 123 cm³/mol. The van der Waals surface area contributed by atoms with E-state index in [1.54, 1.807) is 0 Å². The molecule has 4 rings (SSSR count). The van der Waals surface area contributed by atoms with Crippen molar-refractivity contribution in [3.8, 4) is 0 Å². The number of carbonyl (C=O) groups is 1. The minimum absolute atomic E-state index is 0. The lowest BCUT2D eigenvalue weighted by Crippen LogP contribution is -2.57. The molecule has 4 nitrogen and oxygen atoms in total. The van der Waals surface area contributed by atoms with Crippen molar-refractivity contribution < 1.29 is 9.90 Å². The Morgan fingerprint density at radius 2 is 1.63 bits per heavy atom. The van der Waals surface area contributed by atoms with Crippen molar-refractivity contribution in [2.45, 2.75) is 25.4 Å². The molecule has 2 aromatic rings. The van der Waals surface area contributed by atoms with Gasteiger partial charge in [-0.2, -0.15) is 0 Å². The van der Waals surface area contributed by atoms with Crippen LogP contribution >= 0.6 is 24.0 Å². The number of nitrogens with one attached hydrogen (secondary N) is 1.